The largest absolute Gasteiger partial charge is 0.488 e. The molecule has 0 atom stereocenters. The molecule has 0 fully saturated rings. The Morgan fingerprint density at radius 1 is 1.08 bits per heavy atom. The lowest BCUT2D eigenvalue weighted by Crippen LogP contribution is -2.32. The van der Waals surface area contributed by atoms with Crippen molar-refractivity contribution >= 4 is 5.91 Å². The molecule has 2 rings (SSSR count). The Hall–Kier alpha value is -2.33. The fraction of sp³-hybridized carbons (Fsp3) is 0.350. The van der Waals surface area contributed by atoms with Gasteiger partial charge < -0.3 is 15.4 Å². The first kappa shape index (κ1) is 18.0. The summed E-state index contributed by atoms with van der Waals surface area (Å²) in [6, 6.07) is 12.5. The zero-order valence-electron chi connectivity index (χ0n) is 14.9. The van der Waals surface area contributed by atoms with Gasteiger partial charge in [-0.3, -0.25) is 4.79 Å². The summed E-state index contributed by atoms with van der Waals surface area (Å²) in [5, 5.41) is 0. The van der Waals surface area contributed by atoms with Gasteiger partial charge in [0.2, 0.25) is 5.91 Å². The molecule has 0 bridgehead atoms. The standard InChI is InChI=1S/C20H26N2O2/c1-14-6-5-7-17(8-14)13-24-20-15(2)9-18(10-16(20)3)12-22(4)19(23)11-21/h5-10H,11-13,21H2,1-4H3. The summed E-state index contributed by atoms with van der Waals surface area (Å²) in [4.78, 5) is 13.3. The van der Waals surface area contributed by atoms with Crippen LogP contribution in [-0.2, 0) is 17.9 Å². The molecule has 0 aliphatic rings. The van der Waals surface area contributed by atoms with Crippen LogP contribution in [0.3, 0.4) is 0 Å². The molecule has 1 amide bonds. The van der Waals surface area contributed by atoms with Gasteiger partial charge in [-0.1, -0.05) is 42.0 Å². The highest BCUT2D eigenvalue weighted by molar-refractivity contribution is 5.77. The zero-order chi connectivity index (χ0) is 17.7. The van der Waals surface area contributed by atoms with Crippen LogP contribution < -0.4 is 10.5 Å². The van der Waals surface area contributed by atoms with Crippen molar-refractivity contribution < 1.29 is 9.53 Å². The van der Waals surface area contributed by atoms with Crippen molar-refractivity contribution in [1.82, 2.24) is 4.90 Å². The molecule has 0 aliphatic carbocycles. The second-order valence-electron chi connectivity index (χ2n) is 6.29. The number of ether oxygens (including phenoxy) is 1. The van der Waals surface area contributed by atoms with E-state index in [1.807, 2.05) is 19.9 Å². The summed E-state index contributed by atoms with van der Waals surface area (Å²) in [6.45, 7) is 7.28. The number of hydrogen-bond acceptors (Lipinski definition) is 3. The van der Waals surface area contributed by atoms with Gasteiger partial charge in [0.1, 0.15) is 12.4 Å². The Bertz CT molecular complexity index is 702. The molecule has 0 radical (unpaired) electrons. The quantitative estimate of drug-likeness (QED) is 0.887. The molecule has 0 saturated carbocycles. The number of nitrogens with two attached hydrogens (primary N) is 1. The molecule has 2 aromatic carbocycles. The second kappa shape index (κ2) is 7.97. The van der Waals surface area contributed by atoms with Gasteiger partial charge in [0.25, 0.3) is 0 Å². The van der Waals surface area contributed by atoms with Crippen LogP contribution in [0.4, 0.5) is 0 Å². The van der Waals surface area contributed by atoms with E-state index in [0.29, 0.717) is 13.2 Å². The maximum absolute atomic E-state index is 11.6. The SMILES string of the molecule is Cc1cccc(COc2c(C)cc(CN(C)C(=O)CN)cc2C)c1. The van der Waals surface area contributed by atoms with Gasteiger partial charge in [-0.25, -0.2) is 0 Å². The summed E-state index contributed by atoms with van der Waals surface area (Å²) in [7, 11) is 1.77. The Morgan fingerprint density at radius 2 is 1.75 bits per heavy atom. The Labute approximate surface area is 144 Å². The number of hydrogen-bond donors (Lipinski definition) is 1. The van der Waals surface area contributed by atoms with Gasteiger partial charge in [-0.2, -0.15) is 0 Å². The van der Waals surface area contributed by atoms with E-state index in [4.69, 9.17) is 10.5 Å². The average Bonchev–Trinajstić information content (AvgIpc) is 2.53. The van der Waals surface area contributed by atoms with Gasteiger partial charge in [-0.15, -0.1) is 0 Å². The molecule has 4 heteroatoms. The van der Waals surface area contributed by atoms with Crippen LogP contribution in [0.5, 0.6) is 5.75 Å². The van der Waals surface area contributed by atoms with Crippen molar-refractivity contribution in [1.29, 1.82) is 0 Å². The fourth-order valence-corrected chi connectivity index (χ4v) is 2.83. The van der Waals surface area contributed by atoms with E-state index in [1.165, 1.54) is 5.56 Å². The van der Waals surface area contributed by atoms with Crippen LogP contribution in [-0.4, -0.2) is 24.4 Å². The first-order valence-electron chi connectivity index (χ1n) is 8.13. The number of benzene rings is 2. The number of rotatable bonds is 6. The number of nitrogens with zero attached hydrogens (tertiary/aromatic N) is 1. The summed E-state index contributed by atoms with van der Waals surface area (Å²) < 4.78 is 6.04. The van der Waals surface area contributed by atoms with E-state index in [-0.39, 0.29) is 12.5 Å². The normalized spacial score (nSPS) is 10.5. The van der Waals surface area contributed by atoms with Crippen LogP contribution in [0.25, 0.3) is 0 Å². The van der Waals surface area contributed by atoms with Crippen molar-refractivity contribution in [2.75, 3.05) is 13.6 Å². The third-order valence-corrected chi connectivity index (χ3v) is 4.01. The van der Waals surface area contributed by atoms with Gasteiger partial charge >= 0.3 is 0 Å². The minimum atomic E-state index is -0.0647. The number of amides is 1. The lowest BCUT2D eigenvalue weighted by molar-refractivity contribution is -0.128. The molecule has 0 aromatic heterocycles. The monoisotopic (exact) mass is 326 g/mol. The van der Waals surface area contributed by atoms with Gasteiger partial charge in [0, 0.05) is 13.6 Å². The number of carbonyl (C=O) groups is 1. The van der Waals surface area contributed by atoms with Crippen LogP contribution in [0.2, 0.25) is 0 Å². The first-order chi connectivity index (χ1) is 11.4. The average molecular weight is 326 g/mol. The van der Waals surface area contributed by atoms with Crippen molar-refractivity contribution in [2.24, 2.45) is 5.73 Å². The molecule has 0 aliphatic heterocycles. The molecule has 2 N–H and O–H groups in total. The molecular formula is C20H26N2O2. The van der Waals surface area contributed by atoms with E-state index in [1.54, 1.807) is 11.9 Å². The van der Waals surface area contributed by atoms with E-state index in [9.17, 15) is 4.79 Å². The van der Waals surface area contributed by atoms with E-state index in [0.717, 1.165) is 28.0 Å². The second-order valence-corrected chi connectivity index (χ2v) is 6.29. The smallest absolute Gasteiger partial charge is 0.236 e. The molecule has 4 nitrogen and oxygen atoms in total. The number of likely N-dealkylation sites (N-methyl/N-ethyl adjacent to an activating group) is 1. The summed E-state index contributed by atoms with van der Waals surface area (Å²) in [6.07, 6.45) is 0. The maximum Gasteiger partial charge on any atom is 0.236 e. The van der Waals surface area contributed by atoms with E-state index in [2.05, 4.69) is 37.3 Å². The fourth-order valence-electron chi connectivity index (χ4n) is 2.83. The van der Waals surface area contributed by atoms with Crippen molar-refractivity contribution in [3.63, 3.8) is 0 Å². The minimum Gasteiger partial charge on any atom is -0.488 e. The lowest BCUT2D eigenvalue weighted by atomic mass is 10.1. The zero-order valence-corrected chi connectivity index (χ0v) is 14.9. The van der Waals surface area contributed by atoms with Gasteiger partial charge in [0.05, 0.1) is 6.54 Å². The van der Waals surface area contributed by atoms with E-state index >= 15 is 0 Å². The summed E-state index contributed by atoms with van der Waals surface area (Å²) in [5.41, 5.74) is 11.0. The molecule has 2 aromatic rings. The van der Waals surface area contributed by atoms with E-state index < -0.39 is 0 Å². The minimum absolute atomic E-state index is 0.0339. The van der Waals surface area contributed by atoms with Crippen LogP contribution in [0.1, 0.15) is 27.8 Å². The predicted molar refractivity (Wildman–Crippen MR) is 97.0 cm³/mol. The van der Waals surface area contributed by atoms with Crippen LogP contribution in [0.15, 0.2) is 36.4 Å². The van der Waals surface area contributed by atoms with Crippen molar-refractivity contribution in [2.45, 2.75) is 33.9 Å². The summed E-state index contributed by atoms with van der Waals surface area (Å²) in [5.74, 6) is 0.846. The molecule has 0 heterocycles. The first-order valence-corrected chi connectivity index (χ1v) is 8.13. The topological polar surface area (TPSA) is 55.6 Å². The molecule has 0 unspecified atom stereocenters. The van der Waals surface area contributed by atoms with Gasteiger partial charge in [0.15, 0.2) is 0 Å². The van der Waals surface area contributed by atoms with Crippen molar-refractivity contribution in [3.05, 3.63) is 64.2 Å². The van der Waals surface area contributed by atoms with Crippen LogP contribution >= 0.6 is 0 Å². The number of carbonyl (C=O) groups excluding carboxylic acids is 1. The molecule has 0 saturated heterocycles. The van der Waals surface area contributed by atoms with Gasteiger partial charge in [-0.05, 0) is 43.0 Å². The predicted octanol–water partition coefficient (Wildman–Crippen LogP) is 3.11. The molecule has 128 valence electrons. The lowest BCUT2D eigenvalue weighted by Gasteiger charge is -2.19. The van der Waals surface area contributed by atoms with Crippen LogP contribution in [0, 0.1) is 20.8 Å². The Morgan fingerprint density at radius 3 is 2.33 bits per heavy atom. The molecular weight excluding hydrogens is 300 g/mol. The maximum atomic E-state index is 11.6. The molecule has 0 spiro atoms. The summed E-state index contributed by atoms with van der Waals surface area (Å²) >= 11 is 0. The van der Waals surface area contributed by atoms with Crippen molar-refractivity contribution in [3.8, 4) is 5.75 Å². The Kier molecular flexibility index (Phi) is 5.99. The highest BCUT2D eigenvalue weighted by Gasteiger charge is 2.11. The Balaban J connectivity index is 2.10. The number of aryl methyl sites for hydroxylation is 3. The third-order valence-electron chi connectivity index (χ3n) is 4.01. The highest BCUT2D eigenvalue weighted by Crippen LogP contribution is 2.26. The highest BCUT2D eigenvalue weighted by atomic mass is 16.5. The third kappa shape index (κ3) is 4.59. The molecule has 24 heavy (non-hydrogen) atoms.